The van der Waals surface area contributed by atoms with Crippen molar-refractivity contribution in [3.63, 3.8) is 0 Å². The van der Waals surface area contributed by atoms with Crippen LogP contribution < -0.4 is 21.9 Å². The number of nitrogen functional groups attached to an aromatic ring is 1. The van der Waals surface area contributed by atoms with Crippen LogP contribution in [0.4, 0.5) is 11.5 Å². The molecule has 29 heavy (non-hydrogen) atoms. The first-order valence-corrected chi connectivity index (χ1v) is 9.51. The van der Waals surface area contributed by atoms with E-state index in [1.54, 1.807) is 13.2 Å². The molecule has 1 heterocycles. The van der Waals surface area contributed by atoms with Crippen LogP contribution in [0.5, 0.6) is 0 Å². The monoisotopic (exact) mass is 400 g/mol. The lowest BCUT2D eigenvalue weighted by Crippen LogP contribution is -2.41. The van der Waals surface area contributed by atoms with Gasteiger partial charge in [-0.2, -0.15) is 0 Å². The third-order valence-electron chi connectivity index (χ3n) is 4.25. The number of methoxy groups -OCH3 is 1. The second kappa shape index (κ2) is 10.4. The topological polar surface area (TPSA) is 110 Å². The number of rotatable bonds is 9. The summed E-state index contributed by atoms with van der Waals surface area (Å²) >= 11 is 0. The number of anilines is 2. The Morgan fingerprint density at radius 2 is 1.97 bits per heavy atom. The summed E-state index contributed by atoms with van der Waals surface area (Å²) in [5.74, 6) is -0.299. The minimum Gasteiger partial charge on any atom is -0.385 e. The van der Waals surface area contributed by atoms with Crippen LogP contribution in [-0.2, 0) is 16.1 Å². The summed E-state index contributed by atoms with van der Waals surface area (Å²) < 4.78 is 6.36. The van der Waals surface area contributed by atoms with Gasteiger partial charge in [0, 0.05) is 32.9 Å². The van der Waals surface area contributed by atoms with E-state index in [0.29, 0.717) is 19.6 Å². The van der Waals surface area contributed by atoms with Gasteiger partial charge < -0.3 is 15.4 Å². The van der Waals surface area contributed by atoms with Gasteiger partial charge in [0.25, 0.3) is 11.5 Å². The number of nitrogens with one attached hydrogen (secondary N) is 1. The molecule has 1 aromatic carbocycles. The fraction of sp³-hybridized carbons (Fsp3) is 0.381. The lowest BCUT2D eigenvalue weighted by molar-refractivity contribution is -0.114. The highest BCUT2D eigenvalue weighted by Gasteiger charge is 2.23. The number of nitrogens with zero attached hydrogens (tertiary/aromatic N) is 2. The predicted octanol–water partition coefficient (Wildman–Crippen LogP) is 1.86. The summed E-state index contributed by atoms with van der Waals surface area (Å²) in [5.41, 5.74) is 5.73. The fourth-order valence-electron chi connectivity index (χ4n) is 2.91. The molecule has 0 radical (unpaired) electrons. The molecule has 8 nitrogen and oxygen atoms in total. The van der Waals surface area contributed by atoms with Crippen molar-refractivity contribution in [3.8, 4) is 0 Å². The first-order chi connectivity index (χ1) is 13.8. The summed E-state index contributed by atoms with van der Waals surface area (Å²) in [6.45, 7) is 4.82. The minimum atomic E-state index is -0.689. The maximum Gasteiger partial charge on any atom is 0.330 e. The zero-order valence-electron chi connectivity index (χ0n) is 17.1. The molecule has 3 N–H and O–H groups in total. The molecular formula is C21H28N4O4. The third-order valence-corrected chi connectivity index (χ3v) is 4.25. The molecule has 0 aliphatic carbocycles. The largest absolute Gasteiger partial charge is 0.385 e. The molecule has 1 aromatic heterocycles. The summed E-state index contributed by atoms with van der Waals surface area (Å²) in [5, 5.41) is 0. The first-order valence-electron chi connectivity index (χ1n) is 9.51. The van der Waals surface area contributed by atoms with E-state index in [0.717, 1.165) is 5.56 Å². The molecule has 2 aromatic rings. The first kappa shape index (κ1) is 22.2. The lowest BCUT2D eigenvalue weighted by atomic mass is 10.2. The van der Waals surface area contributed by atoms with Crippen molar-refractivity contribution in [1.29, 1.82) is 0 Å². The number of hydrogen-bond acceptors (Lipinski definition) is 5. The van der Waals surface area contributed by atoms with Crippen molar-refractivity contribution < 1.29 is 9.53 Å². The van der Waals surface area contributed by atoms with Gasteiger partial charge in [0.2, 0.25) is 0 Å². The number of H-pyrrole nitrogens is 1. The normalized spacial score (nSPS) is 11.3. The highest BCUT2D eigenvalue weighted by atomic mass is 16.5. The second-order valence-corrected chi connectivity index (χ2v) is 7.08. The Morgan fingerprint density at radius 3 is 2.59 bits per heavy atom. The molecule has 0 aliphatic heterocycles. The Bertz CT molecular complexity index is 961. The van der Waals surface area contributed by atoms with Gasteiger partial charge in [-0.15, -0.1) is 0 Å². The Kier molecular flexibility index (Phi) is 7.97. The van der Waals surface area contributed by atoms with Gasteiger partial charge >= 0.3 is 5.69 Å². The van der Waals surface area contributed by atoms with E-state index in [2.05, 4.69) is 4.98 Å². The van der Waals surface area contributed by atoms with Gasteiger partial charge in [-0.05, 0) is 24.0 Å². The Labute approximate surface area is 169 Å². The number of carbonyl (C=O) groups excluding carboxylic acids is 1. The van der Waals surface area contributed by atoms with Crippen LogP contribution in [-0.4, -0.2) is 35.7 Å². The molecule has 156 valence electrons. The van der Waals surface area contributed by atoms with E-state index in [4.69, 9.17) is 10.5 Å². The molecular weight excluding hydrogens is 372 g/mol. The number of carbonyl (C=O) groups is 1. The quantitative estimate of drug-likeness (QED) is 0.493. The van der Waals surface area contributed by atoms with E-state index in [1.807, 2.05) is 44.2 Å². The number of nitrogens with two attached hydrogens (primary N) is 1. The van der Waals surface area contributed by atoms with Crippen LogP contribution in [0.2, 0.25) is 0 Å². The van der Waals surface area contributed by atoms with Crippen molar-refractivity contribution >= 4 is 23.5 Å². The van der Waals surface area contributed by atoms with Crippen LogP contribution in [0.25, 0.3) is 6.08 Å². The maximum atomic E-state index is 12.9. The van der Waals surface area contributed by atoms with Crippen LogP contribution in [0.1, 0.15) is 25.8 Å². The lowest BCUT2D eigenvalue weighted by Gasteiger charge is -2.24. The van der Waals surface area contributed by atoms with E-state index in [1.165, 1.54) is 15.5 Å². The number of aromatic nitrogens is 2. The highest BCUT2D eigenvalue weighted by molar-refractivity contribution is 6.05. The van der Waals surface area contributed by atoms with Gasteiger partial charge in [-0.25, -0.2) is 4.79 Å². The Morgan fingerprint density at radius 1 is 1.28 bits per heavy atom. The summed E-state index contributed by atoms with van der Waals surface area (Å²) in [4.78, 5) is 41.3. The second-order valence-electron chi connectivity index (χ2n) is 7.08. The zero-order chi connectivity index (χ0) is 21.4. The van der Waals surface area contributed by atoms with Gasteiger partial charge in [0.15, 0.2) is 5.69 Å². The molecule has 2 rings (SSSR count). The van der Waals surface area contributed by atoms with Gasteiger partial charge in [0.1, 0.15) is 5.82 Å². The van der Waals surface area contributed by atoms with Crippen molar-refractivity contribution in [2.75, 3.05) is 30.9 Å². The van der Waals surface area contributed by atoms with Gasteiger partial charge in [-0.1, -0.05) is 44.2 Å². The highest BCUT2D eigenvalue weighted by Crippen LogP contribution is 2.19. The maximum absolute atomic E-state index is 12.9. The van der Waals surface area contributed by atoms with Crippen molar-refractivity contribution in [2.45, 2.75) is 26.8 Å². The average molecular weight is 400 g/mol. The molecule has 8 heteroatoms. The SMILES string of the molecule is COCCCN(C(=O)/C=C/c1ccccc1)c1c(N)n(CC(C)C)c(=O)[nH]c1=O. The molecule has 0 fully saturated rings. The summed E-state index contributed by atoms with van der Waals surface area (Å²) in [6.07, 6.45) is 3.56. The summed E-state index contributed by atoms with van der Waals surface area (Å²) in [7, 11) is 1.56. The minimum absolute atomic E-state index is 0.0219. The van der Waals surface area contributed by atoms with Gasteiger partial charge in [-0.3, -0.25) is 19.1 Å². The Balaban J connectivity index is 2.46. The number of amides is 1. The van der Waals surface area contributed by atoms with Crippen molar-refractivity contribution in [1.82, 2.24) is 9.55 Å². The third kappa shape index (κ3) is 5.92. The number of benzene rings is 1. The molecule has 0 saturated carbocycles. The summed E-state index contributed by atoms with van der Waals surface area (Å²) in [6, 6.07) is 9.34. The van der Waals surface area contributed by atoms with Crippen LogP contribution in [0, 0.1) is 5.92 Å². The molecule has 0 unspecified atom stereocenters. The van der Waals surface area contributed by atoms with Crippen molar-refractivity contribution in [3.05, 3.63) is 62.8 Å². The molecule has 0 spiro atoms. The molecule has 0 aliphatic rings. The molecule has 0 bridgehead atoms. The van der Waals surface area contributed by atoms with Crippen LogP contribution >= 0.6 is 0 Å². The van der Waals surface area contributed by atoms with Crippen LogP contribution in [0.3, 0.4) is 0 Å². The molecule has 0 atom stereocenters. The average Bonchev–Trinajstić information content (AvgIpc) is 2.68. The number of hydrogen-bond donors (Lipinski definition) is 2. The zero-order valence-corrected chi connectivity index (χ0v) is 17.1. The fourth-order valence-corrected chi connectivity index (χ4v) is 2.91. The van der Waals surface area contributed by atoms with E-state index in [9.17, 15) is 14.4 Å². The number of ether oxygens (including phenoxy) is 1. The number of aromatic amines is 1. The van der Waals surface area contributed by atoms with E-state index >= 15 is 0 Å². The van der Waals surface area contributed by atoms with Crippen molar-refractivity contribution in [2.24, 2.45) is 5.92 Å². The van der Waals surface area contributed by atoms with Crippen LogP contribution in [0.15, 0.2) is 46.0 Å². The Hall–Kier alpha value is -3.13. The van der Waals surface area contributed by atoms with E-state index < -0.39 is 17.2 Å². The standard InChI is InChI=1S/C21H28N4O4/c1-15(2)14-25-19(22)18(20(27)23-21(25)28)24(12-7-13-29-3)17(26)11-10-16-8-5-4-6-9-16/h4-6,8-11,15H,7,12-14,22H2,1-3H3,(H,23,27,28)/b11-10+. The molecule has 1 amide bonds. The van der Waals surface area contributed by atoms with E-state index in [-0.39, 0.29) is 24.0 Å². The van der Waals surface area contributed by atoms with Gasteiger partial charge in [0.05, 0.1) is 0 Å². The molecule has 0 saturated heterocycles. The smallest absolute Gasteiger partial charge is 0.330 e. The predicted molar refractivity (Wildman–Crippen MR) is 115 cm³/mol.